The van der Waals surface area contributed by atoms with Crippen molar-refractivity contribution in [3.05, 3.63) is 204 Å². The maximum Gasteiger partial charge on any atom is 0.160 e. The van der Waals surface area contributed by atoms with E-state index in [1.165, 1.54) is 27.8 Å². The van der Waals surface area contributed by atoms with Gasteiger partial charge in [-0.05, 0) is 57.6 Å². The molecule has 7 aromatic carbocycles. The van der Waals surface area contributed by atoms with Gasteiger partial charge in [0.15, 0.2) is 5.82 Å². The molecule has 50 heavy (non-hydrogen) atoms. The van der Waals surface area contributed by atoms with Gasteiger partial charge in [-0.3, -0.25) is 0 Å². The van der Waals surface area contributed by atoms with E-state index in [1.807, 2.05) is 12.1 Å². The lowest BCUT2D eigenvalue weighted by molar-refractivity contribution is 0.436. The third-order valence-corrected chi connectivity index (χ3v) is 10.2. The Hall–Kier alpha value is -6.58. The minimum Gasteiger partial charge on any atom is -0.457 e. The van der Waals surface area contributed by atoms with Crippen molar-refractivity contribution in [1.29, 1.82) is 0 Å². The van der Waals surface area contributed by atoms with Gasteiger partial charge in [-0.25, -0.2) is 9.97 Å². The Kier molecular flexibility index (Phi) is 6.40. The number of benzene rings is 7. The van der Waals surface area contributed by atoms with Crippen LogP contribution in [0.1, 0.15) is 22.3 Å². The van der Waals surface area contributed by atoms with Gasteiger partial charge >= 0.3 is 0 Å². The summed E-state index contributed by atoms with van der Waals surface area (Å²) in [5.41, 5.74) is 14.0. The van der Waals surface area contributed by atoms with Crippen LogP contribution in [0.3, 0.4) is 0 Å². The van der Waals surface area contributed by atoms with E-state index in [0.717, 1.165) is 56.3 Å². The molecule has 2 aliphatic rings. The summed E-state index contributed by atoms with van der Waals surface area (Å²) in [6, 6.07) is 64.1. The molecule has 234 valence electrons. The summed E-state index contributed by atoms with van der Waals surface area (Å²) < 4.78 is 6.51. The number of nitrogens with zero attached hydrogens (tertiary/aromatic N) is 2. The Morgan fingerprint density at radius 2 is 0.820 bits per heavy atom. The Morgan fingerprint density at radius 3 is 1.50 bits per heavy atom. The van der Waals surface area contributed by atoms with Crippen LogP contribution in [0.25, 0.3) is 56.2 Å². The highest BCUT2D eigenvalue weighted by molar-refractivity contribution is 5.90. The van der Waals surface area contributed by atoms with Gasteiger partial charge in [0.05, 0.1) is 16.8 Å². The predicted octanol–water partition coefficient (Wildman–Crippen LogP) is 11.6. The first-order chi connectivity index (χ1) is 24.8. The van der Waals surface area contributed by atoms with Crippen molar-refractivity contribution >= 4 is 0 Å². The van der Waals surface area contributed by atoms with Gasteiger partial charge in [0.2, 0.25) is 0 Å². The number of fused-ring (bicyclic) bond motifs is 9. The van der Waals surface area contributed by atoms with Crippen molar-refractivity contribution in [2.75, 3.05) is 0 Å². The topological polar surface area (TPSA) is 35.0 Å². The van der Waals surface area contributed by atoms with Crippen LogP contribution >= 0.6 is 0 Å². The fourth-order valence-electron chi connectivity index (χ4n) is 7.94. The highest BCUT2D eigenvalue weighted by Gasteiger charge is 2.50. The number of para-hydroxylation sites is 2. The second-order valence-corrected chi connectivity index (χ2v) is 12.9. The van der Waals surface area contributed by atoms with Crippen LogP contribution in [0, 0.1) is 0 Å². The maximum absolute atomic E-state index is 6.51. The zero-order valence-electron chi connectivity index (χ0n) is 27.1. The average molecular weight is 639 g/mol. The van der Waals surface area contributed by atoms with E-state index in [9.17, 15) is 0 Å². The summed E-state index contributed by atoms with van der Waals surface area (Å²) in [6.45, 7) is 0. The summed E-state index contributed by atoms with van der Waals surface area (Å²) >= 11 is 0. The molecule has 1 aromatic heterocycles. The second-order valence-electron chi connectivity index (χ2n) is 12.9. The number of ether oxygens (including phenoxy) is 1. The normalized spacial score (nSPS) is 13.1. The Bertz CT molecular complexity index is 2510. The van der Waals surface area contributed by atoms with Gasteiger partial charge in [-0.1, -0.05) is 158 Å². The minimum atomic E-state index is -0.498. The first kappa shape index (κ1) is 28.4. The monoisotopic (exact) mass is 638 g/mol. The molecule has 0 bridgehead atoms. The molecule has 0 atom stereocenters. The Morgan fingerprint density at radius 1 is 0.340 bits per heavy atom. The smallest absolute Gasteiger partial charge is 0.160 e. The quantitative estimate of drug-likeness (QED) is 0.192. The zero-order chi connectivity index (χ0) is 33.1. The van der Waals surface area contributed by atoms with Gasteiger partial charge in [0.1, 0.15) is 11.5 Å². The van der Waals surface area contributed by atoms with Crippen LogP contribution < -0.4 is 4.74 Å². The number of aromatic nitrogens is 2. The third kappa shape index (κ3) is 4.30. The molecule has 0 saturated carbocycles. The molecule has 2 heterocycles. The zero-order valence-corrected chi connectivity index (χ0v) is 27.1. The lowest BCUT2D eigenvalue weighted by atomic mass is 9.66. The lowest BCUT2D eigenvalue weighted by Crippen LogP contribution is -2.32. The third-order valence-electron chi connectivity index (χ3n) is 10.2. The molecule has 1 spiro atoms. The highest BCUT2D eigenvalue weighted by Crippen LogP contribution is 2.62. The van der Waals surface area contributed by atoms with Crippen molar-refractivity contribution in [1.82, 2.24) is 9.97 Å². The van der Waals surface area contributed by atoms with E-state index < -0.39 is 5.41 Å². The van der Waals surface area contributed by atoms with Crippen molar-refractivity contribution < 1.29 is 4.74 Å². The van der Waals surface area contributed by atoms with Crippen LogP contribution in [0.4, 0.5) is 0 Å². The highest BCUT2D eigenvalue weighted by atomic mass is 16.5. The van der Waals surface area contributed by atoms with E-state index in [4.69, 9.17) is 14.7 Å². The molecule has 8 aromatic rings. The van der Waals surface area contributed by atoms with Gasteiger partial charge in [0.25, 0.3) is 0 Å². The number of hydrogen-bond donors (Lipinski definition) is 0. The molecular formula is C47H30N2O. The molecule has 1 aliphatic carbocycles. The summed E-state index contributed by atoms with van der Waals surface area (Å²) in [5, 5.41) is 0. The summed E-state index contributed by atoms with van der Waals surface area (Å²) in [7, 11) is 0. The minimum absolute atomic E-state index is 0.498. The molecular weight excluding hydrogens is 609 g/mol. The van der Waals surface area contributed by atoms with Gasteiger partial charge in [0, 0.05) is 27.8 Å². The molecule has 3 heteroatoms. The van der Waals surface area contributed by atoms with Crippen LogP contribution in [-0.2, 0) is 5.41 Å². The van der Waals surface area contributed by atoms with Crippen LogP contribution in [0.15, 0.2) is 182 Å². The number of rotatable bonds is 4. The largest absolute Gasteiger partial charge is 0.457 e. The molecule has 0 saturated heterocycles. The van der Waals surface area contributed by atoms with E-state index in [-0.39, 0.29) is 0 Å². The van der Waals surface area contributed by atoms with Crippen molar-refractivity contribution in [3.63, 3.8) is 0 Å². The Labute approximate surface area is 291 Å². The van der Waals surface area contributed by atoms with Crippen molar-refractivity contribution in [2.45, 2.75) is 5.41 Å². The molecule has 0 fully saturated rings. The van der Waals surface area contributed by atoms with E-state index in [2.05, 4.69) is 170 Å². The fraction of sp³-hybridized carbons (Fsp3) is 0.0213. The molecule has 1 aliphatic heterocycles. The first-order valence-electron chi connectivity index (χ1n) is 17.0. The SMILES string of the molecule is c1ccc(-c2ccc(-c3nc(-c4ccccc4)cc(-c4ccc5c(c4)-c4ccccc4C54c5ccccc5Oc5ccccc54)n3)cc2)cc1. The lowest BCUT2D eigenvalue weighted by Gasteiger charge is -2.39. The van der Waals surface area contributed by atoms with Crippen molar-refractivity contribution in [3.8, 4) is 67.7 Å². The summed E-state index contributed by atoms with van der Waals surface area (Å²) in [6.07, 6.45) is 0. The summed E-state index contributed by atoms with van der Waals surface area (Å²) in [5.74, 6) is 2.49. The van der Waals surface area contributed by atoms with E-state index >= 15 is 0 Å². The molecule has 3 nitrogen and oxygen atoms in total. The summed E-state index contributed by atoms with van der Waals surface area (Å²) in [4.78, 5) is 10.3. The van der Waals surface area contributed by atoms with Gasteiger partial charge < -0.3 is 4.74 Å². The second kappa shape index (κ2) is 11.3. The van der Waals surface area contributed by atoms with Crippen LogP contribution in [0.5, 0.6) is 11.5 Å². The predicted molar refractivity (Wildman–Crippen MR) is 201 cm³/mol. The maximum atomic E-state index is 6.51. The average Bonchev–Trinajstić information content (AvgIpc) is 3.48. The van der Waals surface area contributed by atoms with Gasteiger partial charge in [-0.15, -0.1) is 0 Å². The van der Waals surface area contributed by atoms with Gasteiger partial charge in [-0.2, -0.15) is 0 Å². The van der Waals surface area contributed by atoms with E-state index in [0.29, 0.717) is 5.82 Å². The van der Waals surface area contributed by atoms with Crippen LogP contribution in [-0.4, -0.2) is 9.97 Å². The first-order valence-corrected chi connectivity index (χ1v) is 17.0. The fourth-order valence-corrected chi connectivity index (χ4v) is 7.94. The molecule has 0 unspecified atom stereocenters. The standard InChI is InChI=1S/C47H30N2O/c1-3-13-31(14-4-1)32-23-25-34(26-24-32)46-48-42(33-15-5-2-6-16-33)30-43(49-46)35-27-28-39-37(29-35)36-17-7-8-18-38(36)47(39)40-19-9-11-21-44(40)50-45-22-12-10-20-41(45)47/h1-30H. The molecule has 0 amide bonds. The van der Waals surface area contributed by atoms with Crippen LogP contribution in [0.2, 0.25) is 0 Å². The molecule has 0 N–H and O–H groups in total. The molecule has 0 radical (unpaired) electrons. The Balaban J connectivity index is 1.16. The number of hydrogen-bond acceptors (Lipinski definition) is 3. The van der Waals surface area contributed by atoms with E-state index in [1.54, 1.807) is 0 Å². The van der Waals surface area contributed by atoms with Crippen molar-refractivity contribution in [2.24, 2.45) is 0 Å². The molecule has 10 rings (SSSR count).